The van der Waals surface area contributed by atoms with E-state index in [-0.39, 0.29) is 18.5 Å². The number of ether oxygens (including phenoxy) is 1. The minimum Gasteiger partial charge on any atom is -0.383 e. The van der Waals surface area contributed by atoms with E-state index in [2.05, 4.69) is 48.7 Å². The molecule has 35 heavy (non-hydrogen) atoms. The third-order valence-corrected chi connectivity index (χ3v) is 7.21. The summed E-state index contributed by atoms with van der Waals surface area (Å²) in [6.07, 6.45) is 0.855. The number of carbonyl (C=O) groups excluding carboxylic acids is 1. The zero-order chi connectivity index (χ0) is 24.8. The summed E-state index contributed by atoms with van der Waals surface area (Å²) in [4.78, 5) is 22.0. The molecule has 1 heterocycles. The molecule has 4 aromatic rings. The predicted molar refractivity (Wildman–Crippen MR) is 145 cm³/mol. The number of rotatable bonds is 10. The van der Waals surface area contributed by atoms with Crippen LogP contribution in [-0.4, -0.2) is 35.2 Å². The Morgan fingerprint density at radius 2 is 1.80 bits per heavy atom. The van der Waals surface area contributed by atoms with Crippen molar-refractivity contribution in [3.63, 3.8) is 0 Å². The number of nitrogens with zero attached hydrogens (tertiary/aromatic N) is 3. The monoisotopic (exact) mass is 487 g/mol. The third kappa shape index (κ3) is 5.60. The van der Waals surface area contributed by atoms with Gasteiger partial charge < -0.3 is 14.2 Å². The van der Waals surface area contributed by atoms with Crippen molar-refractivity contribution < 1.29 is 9.53 Å². The van der Waals surface area contributed by atoms with Gasteiger partial charge in [0.2, 0.25) is 5.91 Å². The average molecular weight is 488 g/mol. The molecule has 0 aliphatic heterocycles. The van der Waals surface area contributed by atoms with Gasteiger partial charge in [0, 0.05) is 12.0 Å². The number of fused-ring (bicyclic) bond motifs is 1. The highest BCUT2D eigenvalue weighted by atomic mass is 32.2. The van der Waals surface area contributed by atoms with E-state index >= 15 is 0 Å². The Balaban J connectivity index is 1.71. The van der Waals surface area contributed by atoms with Gasteiger partial charge in [-0.05, 0) is 55.7 Å². The highest BCUT2D eigenvalue weighted by Crippen LogP contribution is 2.30. The van der Waals surface area contributed by atoms with Gasteiger partial charge in [0.1, 0.15) is 12.4 Å². The molecule has 0 spiro atoms. The van der Waals surface area contributed by atoms with Gasteiger partial charge in [-0.15, -0.1) is 11.8 Å². The minimum atomic E-state index is -0.101. The zero-order valence-electron chi connectivity index (χ0n) is 20.9. The van der Waals surface area contributed by atoms with Crippen LogP contribution in [0, 0.1) is 6.92 Å². The van der Waals surface area contributed by atoms with Crippen molar-refractivity contribution in [1.82, 2.24) is 9.55 Å². The topological polar surface area (TPSA) is 47.4 Å². The Kier molecular flexibility index (Phi) is 8.26. The highest BCUT2D eigenvalue weighted by molar-refractivity contribution is 7.98. The number of amides is 1. The van der Waals surface area contributed by atoms with Gasteiger partial charge in [-0.2, -0.15) is 0 Å². The van der Waals surface area contributed by atoms with Crippen LogP contribution >= 0.6 is 11.8 Å². The van der Waals surface area contributed by atoms with Crippen molar-refractivity contribution in [3.05, 3.63) is 89.7 Å². The summed E-state index contributed by atoms with van der Waals surface area (Å²) in [5, 5.41) is 0. The molecule has 5 nitrogen and oxygen atoms in total. The number of anilines is 1. The molecule has 0 saturated carbocycles. The molecule has 0 bridgehead atoms. The van der Waals surface area contributed by atoms with Crippen molar-refractivity contribution in [2.24, 2.45) is 0 Å². The van der Waals surface area contributed by atoms with Crippen molar-refractivity contribution in [2.45, 2.75) is 50.4 Å². The second-order valence-electron chi connectivity index (χ2n) is 8.71. The third-order valence-electron chi connectivity index (χ3n) is 6.20. The van der Waals surface area contributed by atoms with Gasteiger partial charge in [-0.25, -0.2) is 4.98 Å². The smallest absolute Gasteiger partial charge is 0.247 e. The fraction of sp³-hybridized carbons (Fsp3) is 0.310. The predicted octanol–water partition coefficient (Wildman–Crippen LogP) is 6.27. The summed E-state index contributed by atoms with van der Waals surface area (Å²) in [5.74, 6) is 1.62. The molecule has 4 rings (SSSR count). The fourth-order valence-corrected chi connectivity index (χ4v) is 5.41. The van der Waals surface area contributed by atoms with Gasteiger partial charge >= 0.3 is 0 Å². The standard InChI is InChI=1S/C29H33N3O2S/c1-5-23-13-11-12-21(2)29(23)32(22(3)19-34-4)28(33)18-31-26-17-10-9-16-25(26)30-27(31)20-35-24-14-7-6-8-15-24/h6-17,22H,5,18-20H2,1-4H3. The molecule has 0 aliphatic carbocycles. The van der Waals surface area contributed by atoms with E-state index in [9.17, 15) is 4.79 Å². The largest absolute Gasteiger partial charge is 0.383 e. The first kappa shape index (κ1) is 25.0. The maximum absolute atomic E-state index is 14.0. The lowest BCUT2D eigenvalue weighted by atomic mass is 10.0. The molecule has 1 unspecified atom stereocenters. The number of benzene rings is 3. The van der Waals surface area contributed by atoms with E-state index < -0.39 is 0 Å². The molecular formula is C29H33N3O2S. The lowest BCUT2D eigenvalue weighted by Gasteiger charge is -2.32. The summed E-state index contributed by atoms with van der Waals surface area (Å²) in [6, 6.07) is 24.5. The molecule has 1 atom stereocenters. The first-order valence-electron chi connectivity index (χ1n) is 12.0. The molecule has 0 aliphatic rings. The highest BCUT2D eigenvalue weighted by Gasteiger charge is 2.27. The van der Waals surface area contributed by atoms with Gasteiger partial charge in [0.15, 0.2) is 0 Å². The number of carbonyl (C=O) groups is 1. The molecule has 6 heteroatoms. The van der Waals surface area contributed by atoms with E-state index in [1.165, 1.54) is 4.90 Å². The fourth-order valence-electron chi connectivity index (χ4n) is 4.54. The van der Waals surface area contributed by atoms with E-state index in [0.717, 1.165) is 40.1 Å². The molecular weight excluding hydrogens is 454 g/mol. The van der Waals surface area contributed by atoms with E-state index in [4.69, 9.17) is 9.72 Å². The number of hydrogen-bond donors (Lipinski definition) is 0. The van der Waals surface area contributed by atoms with E-state index in [1.807, 2.05) is 54.3 Å². The van der Waals surface area contributed by atoms with Gasteiger partial charge in [0.25, 0.3) is 0 Å². The summed E-state index contributed by atoms with van der Waals surface area (Å²) in [5.41, 5.74) is 5.14. The van der Waals surface area contributed by atoms with Crippen LogP contribution in [0.3, 0.4) is 0 Å². The Labute approximate surface area is 212 Å². The van der Waals surface area contributed by atoms with Crippen molar-refractivity contribution in [1.29, 1.82) is 0 Å². The van der Waals surface area contributed by atoms with Crippen LogP contribution in [0.4, 0.5) is 5.69 Å². The molecule has 182 valence electrons. The van der Waals surface area contributed by atoms with E-state index in [1.54, 1.807) is 18.9 Å². The van der Waals surface area contributed by atoms with Crippen molar-refractivity contribution >= 4 is 34.4 Å². The van der Waals surface area contributed by atoms with Gasteiger partial charge in [0.05, 0.1) is 35.1 Å². The SMILES string of the molecule is CCc1cccc(C)c1N(C(=O)Cn1c(CSc2ccccc2)nc2ccccc21)C(C)COC. The van der Waals surface area contributed by atoms with E-state index in [0.29, 0.717) is 12.4 Å². The summed E-state index contributed by atoms with van der Waals surface area (Å²) in [6.45, 7) is 6.93. The summed E-state index contributed by atoms with van der Waals surface area (Å²) < 4.78 is 7.54. The zero-order valence-corrected chi connectivity index (χ0v) is 21.7. The average Bonchev–Trinajstić information content (AvgIpc) is 3.22. The quantitative estimate of drug-likeness (QED) is 0.248. The van der Waals surface area contributed by atoms with Crippen LogP contribution in [0.1, 0.15) is 30.8 Å². The maximum Gasteiger partial charge on any atom is 0.247 e. The number of para-hydroxylation sites is 3. The molecule has 0 fully saturated rings. The Morgan fingerprint density at radius 1 is 1.06 bits per heavy atom. The summed E-state index contributed by atoms with van der Waals surface area (Å²) in [7, 11) is 1.68. The van der Waals surface area contributed by atoms with Crippen LogP contribution in [-0.2, 0) is 28.2 Å². The van der Waals surface area contributed by atoms with Crippen LogP contribution in [0.25, 0.3) is 11.0 Å². The van der Waals surface area contributed by atoms with Crippen LogP contribution in [0.5, 0.6) is 0 Å². The number of imidazole rings is 1. The van der Waals surface area contributed by atoms with Crippen molar-refractivity contribution in [2.75, 3.05) is 18.6 Å². The molecule has 1 aromatic heterocycles. The lowest BCUT2D eigenvalue weighted by molar-refractivity contribution is -0.119. The first-order chi connectivity index (χ1) is 17.0. The second-order valence-corrected chi connectivity index (χ2v) is 9.76. The number of thioether (sulfide) groups is 1. The van der Waals surface area contributed by atoms with Crippen molar-refractivity contribution in [3.8, 4) is 0 Å². The molecule has 0 N–H and O–H groups in total. The first-order valence-corrected chi connectivity index (χ1v) is 13.0. The maximum atomic E-state index is 14.0. The Morgan fingerprint density at radius 3 is 2.54 bits per heavy atom. The Hall–Kier alpha value is -3.09. The molecule has 1 amide bonds. The number of aromatic nitrogens is 2. The lowest BCUT2D eigenvalue weighted by Crippen LogP contribution is -2.44. The van der Waals surface area contributed by atoms with Crippen LogP contribution in [0.15, 0.2) is 77.7 Å². The molecule has 3 aromatic carbocycles. The number of aryl methyl sites for hydroxylation is 2. The second kappa shape index (κ2) is 11.6. The normalized spacial score (nSPS) is 12.1. The number of methoxy groups -OCH3 is 1. The van der Waals surface area contributed by atoms with Gasteiger partial charge in [-0.1, -0.05) is 55.5 Å². The molecule has 0 saturated heterocycles. The Bertz CT molecular complexity index is 1290. The molecule has 0 radical (unpaired) electrons. The summed E-state index contributed by atoms with van der Waals surface area (Å²) >= 11 is 1.73. The van der Waals surface area contributed by atoms with Crippen LogP contribution in [0.2, 0.25) is 0 Å². The van der Waals surface area contributed by atoms with Gasteiger partial charge in [-0.3, -0.25) is 4.79 Å². The van der Waals surface area contributed by atoms with Crippen LogP contribution < -0.4 is 4.90 Å². The minimum absolute atomic E-state index is 0.0349. The number of hydrogen-bond acceptors (Lipinski definition) is 4.